The van der Waals surface area contributed by atoms with E-state index < -0.39 is 5.91 Å². The van der Waals surface area contributed by atoms with Crippen LogP contribution in [0.1, 0.15) is 53.2 Å². The van der Waals surface area contributed by atoms with Crippen molar-refractivity contribution >= 4 is 11.6 Å². The number of nitrogens with one attached hydrogen (secondary N) is 1. The smallest absolute Gasteiger partial charge is 0.250 e. The van der Waals surface area contributed by atoms with Gasteiger partial charge in [-0.3, -0.25) is 4.79 Å². The molecule has 0 saturated heterocycles. The van der Waals surface area contributed by atoms with Crippen molar-refractivity contribution in [1.82, 2.24) is 5.32 Å². The highest BCUT2D eigenvalue weighted by molar-refractivity contribution is 6.00. The molecular formula is C28H39N3O4. The van der Waals surface area contributed by atoms with Gasteiger partial charge < -0.3 is 30.5 Å². The quantitative estimate of drug-likeness (QED) is 0.359. The molecule has 0 bridgehead atoms. The largest absolute Gasteiger partial charge is 0.489 e. The number of aliphatic hydroxyl groups is 1. The van der Waals surface area contributed by atoms with Gasteiger partial charge in [-0.1, -0.05) is 12.1 Å². The second-order valence-electron chi connectivity index (χ2n) is 9.94. The molecule has 7 nitrogen and oxygen atoms in total. The molecule has 1 amide bonds. The molecule has 4 N–H and O–H groups in total. The van der Waals surface area contributed by atoms with Gasteiger partial charge in [0.25, 0.3) is 5.91 Å². The Morgan fingerprint density at radius 1 is 1.23 bits per heavy atom. The Labute approximate surface area is 208 Å². The average Bonchev–Trinajstić information content (AvgIpc) is 3.58. The summed E-state index contributed by atoms with van der Waals surface area (Å²) in [6.07, 6.45) is 4.89. The first-order valence-electron chi connectivity index (χ1n) is 12.9. The maximum Gasteiger partial charge on any atom is 0.250 e. The molecule has 1 fully saturated rings. The number of anilines is 1. The number of primary amides is 1. The Kier molecular flexibility index (Phi) is 8.52. The lowest BCUT2D eigenvalue weighted by Crippen LogP contribution is -2.32. The summed E-state index contributed by atoms with van der Waals surface area (Å²) < 4.78 is 12.0. The van der Waals surface area contributed by atoms with Gasteiger partial charge >= 0.3 is 0 Å². The molecular weight excluding hydrogens is 442 g/mol. The van der Waals surface area contributed by atoms with Crippen molar-refractivity contribution < 1.29 is 19.4 Å². The maximum atomic E-state index is 12.2. The van der Waals surface area contributed by atoms with E-state index >= 15 is 0 Å². The second-order valence-corrected chi connectivity index (χ2v) is 9.94. The van der Waals surface area contributed by atoms with Gasteiger partial charge in [-0.15, -0.1) is 0 Å². The standard InChI is InChI=1S/C28H39N3O4/c1-19-4-7-25(26(14-19)35-18-21-5-6-21)34-13-9-30-20(2)15-22-16-23-8-11-31(10-3-12-32)27(23)24(17-22)28(29)33/h4,7,14,16-17,20-21,30,32H,3,5-6,8-13,15,18H2,1-2H3,(H2,29,33)/t20-/m1/s1. The van der Waals surface area contributed by atoms with Crippen LogP contribution in [0.25, 0.3) is 0 Å². The summed E-state index contributed by atoms with van der Waals surface area (Å²) in [4.78, 5) is 14.4. The van der Waals surface area contributed by atoms with Gasteiger partial charge in [0.1, 0.15) is 6.61 Å². The monoisotopic (exact) mass is 481 g/mol. The number of aliphatic hydroxyl groups excluding tert-OH is 1. The van der Waals surface area contributed by atoms with Crippen molar-refractivity contribution in [2.24, 2.45) is 11.7 Å². The molecule has 2 aromatic carbocycles. The highest BCUT2D eigenvalue weighted by atomic mass is 16.5. The van der Waals surface area contributed by atoms with Gasteiger partial charge in [0.15, 0.2) is 11.5 Å². The predicted octanol–water partition coefficient (Wildman–Crippen LogP) is 3.23. The second kappa shape index (κ2) is 11.8. The lowest BCUT2D eigenvalue weighted by Gasteiger charge is -2.22. The predicted molar refractivity (Wildman–Crippen MR) is 139 cm³/mol. The lowest BCUT2D eigenvalue weighted by molar-refractivity contribution is 0.100. The summed E-state index contributed by atoms with van der Waals surface area (Å²) in [7, 11) is 0. The fraction of sp³-hybridized carbons (Fsp3) is 0.536. The summed E-state index contributed by atoms with van der Waals surface area (Å²) in [5, 5.41) is 12.7. The number of ether oxygens (including phenoxy) is 2. The van der Waals surface area contributed by atoms with Crippen LogP contribution in [-0.4, -0.2) is 56.5 Å². The molecule has 1 atom stereocenters. The van der Waals surface area contributed by atoms with Crippen LogP contribution in [0, 0.1) is 12.8 Å². The van der Waals surface area contributed by atoms with Crippen LogP contribution in [0.5, 0.6) is 11.5 Å². The number of hydrogen-bond donors (Lipinski definition) is 3. The van der Waals surface area contributed by atoms with Gasteiger partial charge in [-0.2, -0.15) is 0 Å². The fourth-order valence-electron chi connectivity index (χ4n) is 4.71. The van der Waals surface area contributed by atoms with Crippen LogP contribution in [-0.2, 0) is 12.8 Å². The van der Waals surface area contributed by atoms with Crippen LogP contribution < -0.4 is 25.4 Å². The summed E-state index contributed by atoms with van der Waals surface area (Å²) >= 11 is 0. The van der Waals surface area contributed by atoms with E-state index in [2.05, 4.69) is 30.1 Å². The minimum atomic E-state index is -0.397. The van der Waals surface area contributed by atoms with E-state index in [1.807, 2.05) is 24.3 Å². The lowest BCUT2D eigenvalue weighted by atomic mass is 9.98. The van der Waals surface area contributed by atoms with E-state index in [0.717, 1.165) is 60.9 Å². The maximum absolute atomic E-state index is 12.2. The number of fused-ring (bicyclic) bond motifs is 1. The average molecular weight is 482 g/mol. The van der Waals surface area contributed by atoms with Crippen LogP contribution in [0.15, 0.2) is 30.3 Å². The van der Waals surface area contributed by atoms with Crippen molar-refractivity contribution in [1.29, 1.82) is 0 Å². The fourth-order valence-corrected chi connectivity index (χ4v) is 4.71. The number of hydrogen-bond acceptors (Lipinski definition) is 6. The normalized spacial score (nSPS) is 15.7. The highest BCUT2D eigenvalue weighted by Crippen LogP contribution is 2.34. The zero-order chi connectivity index (χ0) is 24.8. The van der Waals surface area contributed by atoms with Crippen LogP contribution in [0.2, 0.25) is 0 Å². The first kappa shape index (κ1) is 25.3. The van der Waals surface area contributed by atoms with Gasteiger partial charge in [-0.25, -0.2) is 0 Å². The summed E-state index contributed by atoms with van der Waals surface area (Å²) in [6, 6.07) is 10.4. The molecule has 2 aliphatic rings. The first-order valence-corrected chi connectivity index (χ1v) is 12.9. The number of aryl methyl sites for hydroxylation is 1. The van der Waals surface area contributed by atoms with Gasteiger partial charge in [0.05, 0.1) is 17.9 Å². The Morgan fingerprint density at radius 2 is 2.06 bits per heavy atom. The van der Waals surface area contributed by atoms with Crippen molar-refractivity contribution in [2.45, 2.75) is 52.0 Å². The zero-order valence-electron chi connectivity index (χ0n) is 21.0. The van der Waals surface area contributed by atoms with E-state index in [0.29, 0.717) is 31.1 Å². The SMILES string of the molecule is Cc1ccc(OCCN[C@H](C)Cc2cc3c(c(C(N)=O)c2)N(CCCO)CC3)c(OCC2CC2)c1. The van der Waals surface area contributed by atoms with E-state index in [1.165, 1.54) is 18.4 Å². The first-order chi connectivity index (χ1) is 16.9. The molecule has 1 aliphatic carbocycles. The van der Waals surface area contributed by atoms with Crippen LogP contribution in [0.4, 0.5) is 5.69 Å². The molecule has 1 aliphatic heterocycles. The van der Waals surface area contributed by atoms with Crippen LogP contribution in [0.3, 0.4) is 0 Å². The molecule has 1 saturated carbocycles. The summed E-state index contributed by atoms with van der Waals surface area (Å²) in [5.74, 6) is 1.92. The van der Waals surface area contributed by atoms with Gasteiger partial charge in [0.2, 0.25) is 0 Å². The zero-order valence-corrected chi connectivity index (χ0v) is 21.0. The molecule has 0 spiro atoms. The Bertz CT molecular complexity index is 1020. The number of carbonyl (C=O) groups is 1. The van der Waals surface area contributed by atoms with Crippen molar-refractivity contribution in [2.75, 3.05) is 44.4 Å². The number of carbonyl (C=O) groups excluding carboxylic acids is 1. The topological polar surface area (TPSA) is 97.0 Å². The Morgan fingerprint density at radius 3 is 2.80 bits per heavy atom. The third-order valence-corrected chi connectivity index (χ3v) is 6.73. The third kappa shape index (κ3) is 6.89. The highest BCUT2D eigenvalue weighted by Gasteiger charge is 2.25. The van der Waals surface area contributed by atoms with Crippen molar-refractivity contribution in [3.63, 3.8) is 0 Å². The summed E-state index contributed by atoms with van der Waals surface area (Å²) in [5.41, 5.74) is 10.7. The summed E-state index contributed by atoms with van der Waals surface area (Å²) in [6.45, 7) is 7.95. The number of rotatable bonds is 14. The number of benzene rings is 2. The van der Waals surface area contributed by atoms with Crippen molar-refractivity contribution in [3.05, 3.63) is 52.6 Å². The minimum Gasteiger partial charge on any atom is -0.489 e. The molecule has 2 aromatic rings. The minimum absolute atomic E-state index is 0.140. The molecule has 0 aromatic heterocycles. The van der Waals surface area contributed by atoms with E-state index in [-0.39, 0.29) is 12.6 Å². The van der Waals surface area contributed by atoms with E-state index in [4.69, 9.17) is 15.2 Å². The molecule has 190 valence electrons. The van der Waals surface area contributed by atoms with E-state index in [9.17, 15) is 9.90 Å². The van der Waals surface area contributed by atoms with E-state index in [1.54, 1.807) is 0 Å². The molecule has 1 heterocycles. The molecule has 0 unspecified atom stereocenters. The van der Waals surface area contributed by atoms with Gasteiger partial charge in [-0.05, 0) is 86.8 Å². The molecule has 7 heteroatoms. The van der Waals surface area contributed by atoms with Crippen LogP contribution >= 0.6 is 0 Å². The Balaban J connectivity index is 1.29. The number of nitrogens with two attached hydrogens (primary N) is 1. The van der Waals surface area contributed by atoms with Crippen molar-refractivity contribution in [3.8, 4) is 11.5 Å². The molecule has 0 radical (unpaired) electrons. The number of nitrogens with zero attached hydrogens (tertiary/aromatic N) is 1. The number of amides is 1. The molecule has 4 rings (SSSR count). The van der Waals surface area contributed by atoms with Gasteiger partial charge in [0, 0.05) is 32.3 Å². The Hall–Kier alpha value is -2.77. The molecule has 35 heavy (non-hydrogen) atoms. The third-order valence-electron chi connectivity index (χ3n) is 6.73.